The van der Waals surface area contributed by atoms with Gasteiger partial charge in [0.05, 0.1) is 11.7 Å². The van der Waals surface area contributed by atoms with Crippen LogP contribution in [0.4, 0.5) is 5.69 Å². The van der Waals surface area contributed by atoms with E-state index in [0.717, 1.165) is 16.7 Å². The van der Waals surface area contributed by atoms with Crippen LogP contribution in [0.3, 0.4) is 0 Å². The van der Waals surface area contributed by atoms with Gasteiger partial charge in [-0.1, -0.05) is 73.7 Å². The number of nitrogens with one attached hydrogen (secondary N) is 1. The smallest absolute Gasteiger partial charge is 0.268 e. The zero-order valence-corrected chi connectivity index (χ0v) is 17.7. The maximum atomic E-state index is 13.2. The largest absolute Gasteiger partial charge is 0.478 e. The molecule has 4 rings (SSSR count). The number of hydrogen-bond donors (Lipinski definition) is 1. The van der Waals surface area contributed by atoms with Crippen LogP contribution in [0.1, 0.15) is 36.1 Å². The maximum absolute atomic E-state index is 13.2. The fraction of sp³-hybridized carbons (Fsp3) is 0.231. The van der Waals surface area contributed by atoms with Gasteiger partial charge < -0.3 is 10.1 Å². The molecule has 0 aliphatic carbocycles. The van der Waals surface area contributed by atoms with Gasteiger partial charge in [0.15, 0.2) is 6.10 Å². The number of carbonyl (C=O) groups is 2. The van der Waals surface area contributed by atoms with Crippen molar-refractivity contribution in [2.24, 2.45) is 0 Å². The number of carbonyl (C=O) groups excluding carboxylic acids is 2. The Morgan fingerprint density at radius 3 is 2.19 bits per heavy atom. The lowest BCUT2D eigenvalue weighted by atomic mass is 9.98. The molecule has 1 atom stereocenters. The Balaban J connectivity index is 1.61. The van der Waals surface area contributed by atoms with Crippen molar-refractivity contribution in [3.8, 4) is 5.75 Å². The Hall–Kier alpha value is -3.60. The molecule has 0 saturated heterocycles. The Morgan fingerprint density at radius 2 is 1.61 bits per heavy atom. The van der Waals surface area contributed by atoms with E-state index in [2.05, 4.69) is 5.32 Å². The molecule has 0 radical (unpaired) electrons. The van der Waals surface area contributed by atoms with E-state index in [1.165, 1.54) is 0 Å². The molecule has 2 amide bonds. The summed E-state index contributed by atoms with van der Waals surface area (Å²) < 4.78 is 5.86. The number of rotatable bonds is 6. The van der Waals surface area contributed by atoms with E-state index in [4.69, 9.17) is 4.74 Å². The van der Waals surface area contributed by atoms with Crippen molar-refractivity contribution in [1.29, 1.82) is 0 Å². The quantitative estimate of drug-likeness (QED) is 0.650. The molecule has 5 nitrogen and oxygen atoms in total. The van der Waals surface area contributed by atoms with E-state index in [0.29, 0.717) is 17.9 Å². The third kappa shape index (κ3) is 4.45. The number of amides is 2. The molecule has 1 heterocycles. The third-order valence-corrected chi connectivity index (χ3v) is 5.46. The molecule has 158 valence electrons. The monoisotopic (exact) mass is 414 g/mol. The predicted molar refractivity (Wildman–Crippen MR) is 121 cm³/mol. The highest BCUT2D eigenvalue weighted by Crippen LogP contribution is 2.35. The SMILES string of the molecule is CC[C@@H]1Oc2ccc(C)cc2N(CC(=O)NC(c2ccccc2)c2ccccc2)C1=O. The lowest BCUT2D eigenvalue weighted by molar-refractivity contribution is -0.129. The number of fused-ring (bicyclic) bond motifs is 1. The first-order valence-corrected chi connectivity index (χ1v) is 10.5. The van der Waals surface area contributed by atoms with Crippen LogP contribution in [0.25, 0.3) is 0 Å². The van der Waals surface area contributed by atoms with Crippen LogP contribution in [-0.4, -0.2) is 24.5 Å². The Kier molecular flexibility index (Phi) is 6.03. The van der Waals surface area contributed by atoms with Crippen molar-refractivity contribution < 1.29 is 14.3 Å². The van der Waals surface area contributed by atoms with Gasteiger partial charge >= 0.3 is 0 Å². The number of aryl methyl sites for hydroxylation is 1. The minimum Gasteiger partial charge on any atom is -0.478 e. The molecule has 5 heteroatoms. The van der Waals surface area contributed by atoms with Crippen molar-refractivity contribution in [1.82, 2.24) is 5.32 Å². The minimum atomic E-state index is -0.581. The summed E-state index contributed by atoms with van der Waals surface area (Å²) in [6, 6.07) is 25.1. The summed E-state index contributed by atoms with van der Waals surface area (Å²) in [5.41, 5.74) is 3.61. The molecule has 0 bridgehead atoms. The van der Waals surface area contributed by atoms with Gasteiger partial charge in [-0.05, 0) is 42.2 Å². The summed E-state index contributed by atoms with van der Waals surface area (Å²) in [5.74, 6) is 0.217. The Morgan fingerprint density at radius 1 is 1.00 bits per heavy atom. The molecule has 0 aromatic heterocycles. The van der Waals surface area contributed by atoms with Crippen molar-refractivity contribution >= 4 is 17.5 Å². The van der Waals surface area contributed by atoms with Crippen molar-refractivity contribution in [2.45, 2.75) is 32.4 Å². The molecule has 0 spiro atoms. The highest BCUT2D eigenvalue weighted by molar-refractivity contribution is 6.04. The van der Waals surface area contributed by atoms with Crippen molar-refractivity contribution in [3.05, 3.63) is 95.6 Å². The highest BCUT2D eigenvalue weighted by atomic mass is 16.5. The number of benzene rings is 3. The van der Waals surface area contributed by atoms with Crippen LogP contribution < -0.4 is 15.0 Å². The van der Waals surface area contributed by atoms with Crippen molar-refractivity contribution in [3.63, 3.8) is 0 Å². The average Bonchev–Trinajstić information content (AvgIpc) is 2.80. The lowest BCUT2D eigenvalue weighted by Crippen LogP contribution is -2.50. The number of nitrogens with zero attached hydrogens (tertiary/aromatic N) is 1. The Bertz CT molecular complexity index is 1030. The fourth-order valence-corrected chi connectivity index (χ4v) is 3.86. The van der Waals surface area contributed by atoms with Gasteiger partial charge in [-0.3, -0.25) is 14.5 Å². The van der Waals surface area contributed by atoms with E-state index in [9.17, 15) is 9.59 Å². The normalized spacial score (nSPS) is 15.4. The molecule has 1 aliphatic heterocycles. The molecule has 3 aromatic carbocycles. The van der Waals surface area contributed by atoms with Crippen LogP contribution in [0.2, 0.25) is 0 Å². The highest BCUT2D eigenvalue weighted by Gasteiger charge is 2.34. The standard InChI is InChI=1S/C26H26N2O3/c1-3-22-26(30)28(21-16-18(2)14-15-23(21)31-22)17-24(29)27-25(19-10-6-4-7-11-19)20-12-8-5-9-13-20/h4-16,22,25H,3,17H2,1-2H3,(H,27,29)/t22-/m0/s1. The lowest BCUT2D eigenvalue weighted by Gasteiger charge is -2.34. The van der Waals surface area contributed by atoms with E-state index in [1.54, 1.807) is 4.90 Å². The molecular weight excluding hydrogens is 388 g/mol. The Labute approximate surface area is 182 Å². The first-order valence-electron chi connectivity index (χ1n) is 10.5. The molecule has 0 unspecified atom stereocenters. The summed E-state index contributed by atoms with van der Waals surface area (Å²) in [4.78, 5) is 27.7. The maximum Gasteiger partial charge on any atom is 0.268 e. The van der Waals surface area contributed by atoms with Crippen molar-refractivity contribution in [2.75, 3.05) is 11.4 Å². The fourth-order valence-electron chi connectivity index (χ4n) is 3.86. The van der Waals surface area contributed by atoms with E-state index in [-0.39, 0.29) is 24.4 Å². The topological polar surface area (TPSA) is 58.6 Å². The number of hydrogen-bond acceptors (Lipinski definition) is 3. The van der Waals surface area contributed by atoms with Crippen LogP contribution in [-0.2, 0) is 9.59 Å². The number of anilines is 1. The van der Waals surface area contributed by atoms with Gasteiger partial charge in [-0.25, -0.2) is 0 Å². The molecule has 1 N–H and O–H groups in total. The first kappa shape index (κ1) is 20.7. The van der Waals surface area contributed by atoms with Gasteiger partial charge in [0, 0.05) is 0 Å². The summed E-state index contributed by atoms with van der Waals surface area (Å²) in [5, 5.41) is 3.12. The molecule has 3 aromatic rings. The van der Waals surface area contributed by atoms with Gasteiger partial charge in [0.2, 0.25) is 5.91 Å². The van der Waals surface area contributed by atoms with Gasteiger partial charge in [-0.2, -0.15) is 0 Å². The van der Waals surface area contributed by atoms with Crippen LogP contribution >= 0.6 is 0 Å². The summed E-state index contributed by atoms with van der Waals surface area (Å²) >= 11 is 0. The van der Waals surface area contributed by atoms with Gasteiger partial charge in [0.1, 0.15) is 12.3 Å². The number of ether oxygens (including phenoxy) is 1. The molecule has 0 saturated carbocycles. The molecular formula is C26H26N2O3. The minimum absolute atomic E-state index is 0.0642. The van der Waals surface area contributed by atoms with Crippen LogP contribution in [0.5, 0.6) is 5.75 Å². The zero-order chi connectivity index (χ0) is 21.8. The second kappa shape index (κ2) is 9.04. The van der Waals surface area contributed by atoms with Gasteiger partial charge in [-0.15, -0.1) is 0 Å². The second-order valence-corrected chi connectivity index (χ2v) is 7.73. The predicted octanol–water partition coefficient (Wildman–Crippen LogP) is 4.40. The zero-order valence-electron chi connectivity index (χ0n) is 17.7. The third-order valence-electron chi connectivity index (χ3n) is 5.46. The molecule has 1 aliphatic rings. The summed E-state index contributed by atoms with van der Waals surface area (Å²) in [7, 11) is 0. The van der Waals surface area contributed by atoms with Crippen LogP contribution in [0, 0.1) is 6.92 Å². The van der Waals surface area contributed by atoms with E-state index in [1.807, 2.05) is 92.7 Å². The molecule has 0 fully saturated rings. The van der Waals surface area contributed by atoms with Crippen LogP contribution in [0.15, 0.2) is 78.9 Å². The van der Waals surface area contributed by atoms with E-state index >= 15 is 0 Å². The molecule has 31 heavy (non-hydrogen) atoms. The summed E-state index contributed by atoms with van der Waals surface area (Å²) in [6.45, 7) is 3.79. The van der Waals surface area contributed by atoms with Gasteiger partial charge in [0.25, 0.3) is 5.91 Å². The first-order chi connectivity index (χ1) is 15.1. The van der Waals surface area contributed by atoms with E-state index < -0.39 is 6.10 Å². The average molecular weight is 415 g/mol. The summed E-state index contributed by atoms with van der Waals surface area (Å²) in [6.07, 6.45) is -0.0389. The second-order valence-electron chi connectivity index (χ2n) is 7.73.